The average Bonchev–Trinajstić information content (AvgIpc) is 2.80. The van der Waals surface area contributed by atoms with Crippen molar-refractivity contribution in [3.8, 4) is 11.5 Å². The lowest BCUT2D eigenvalue weighted by molar-refractivity contribution is -0.286. The number of carbonyl (C=O) groups excluding carboxylic acids is 1. The van der Waals surface area contributed by atoms with Gasteiger partial charge in [0.05, 0.1) is 0 Å². The predicted octanol–water partition coefficient (Wildman–Crippen LogP) is 2.84. The number of hydrogen-bond donors (Lipinski definition) is 2. The van der Waals surface area contributed by atoms with E-state index in [1.54, 1.807) is 19.1 Å². The second kappa shape index (κ2) is 6.00. The first kappa shape index (κ1) is 16.1. The minimum Gasteiger partial charge on any atom is -0.395 e. The number of nitrogens with one attached hydrogen (secondary N) is 2. The average molecular weight is 351 g/mol. The Bertz CT molecular complexity index is 829. The summed E-state index contributed by atoms with van der Waals surface area (Å²) in [6.45, 7) is 1.76. The van der Waals surface area contributed by atoms with Crippen LogP contribution in [0.2, 0.25) is 0 Å². The summed E-state index contributed by atoms with van der Waals surface area (Å²) >= 11 is 5.04. The number of amides is 1. The summed E-state index contributed by atoms with van der Waals surface area (Å²) in [5.41, 5.74) is 1.46. The van der Waals surface area contributed by atoms with Gasteiger partial charge in [0.2, 0.25) is 0 Å². The van der Waals surface area contributed by atoms with Crippen molar-refractivity contribution < 1.29 is 23.0 Å². The van der Waals surface area contributed by atoms with Crippen LogP contribution in [0.15, 0.2) is 36.5 Å². The number of pyridine rings is 1. The third kappa shape index (κ3) is 3.57. The highest BCUT2D eigenvalue weighted by Gasteiger charge is 2.43. The first-order valence-electron chi connectivity index (χ1n) is 6.77. The molecule has 0 spiro atoms. The van der Waals surface area contributed by atoms with Gasteiger partial charge in [-0.15, -0.1) is 8.78 Å². The number of rotatable bonds is 2. The van der Waals surface area contributed by atoms with Crippen LogP contribution < -0.4 is 20.1 Å². The van der Waals surface area contributed by atoms with E-state index in [0.717, 1.165) is 0 Å². The summed E-state index contributed by atoms with van der Waals surface area (Å²) in [7, 11) is 0. The maximum absolute atomic E-state index is 13.0. The van der Waals surface area contributed by atoms with Crippen LogP contribution >= 0.6 is 12.2 Å². The molecule has 0 unspecified atom stereocenters. The number of aryl methyl sites for hydroxylation is 1. The number of fused-ring (bicyclic) bond motifs is 1. The van der Waals surface area contributed by atoms with Crippen molar-refractivity contribution in [3.05, 3.63) is 47.8 Å². The lowest BCUT2D eigenvalue weighted by atomic mass is 10.2. The van der Waals surface area contributed by atoms with Gasteiger partial charge in [-0.3, -0.25) is 15.1 Å². The number of hydrogen-bond acceptors (Lipinski definition) is 5. The molecule has 1 aromatic carbocycles. The Morgan fingerprint density at radius 2 is 1.96 bits per heavy atom. The molecular formula is C15H11F2N3O3S. The highest BCUT2D eigenvalue weighted by Crippen LogP contribution is 2.42. The maximum atomic E-state index is 13.0. The number of carbonyl (C=O) groups is 1. The van der Waals surface area contributed by atoms with Gasteiger partial charge in [-0.1, -0.05) is 0 Å². The van der Waals surface area contributed by atoms with Crippen molar-refractivity contribution in [2.24, 2.45) is 0 Å². The predicted molar refractivity (Wildman–Crippen MR) is 85.3 cm³/mol. The fourth-order valence-corrected chi connectivity index (χ4v) is 2.26. The smallest absolute Gasteiger partial charge is 0.395 e. The normalized spacial score (nSPS) is 14.1. The number of thiocarbonyl (C=S) groups is 1. The molecule has 1 amide bonds. The molecule has 0 atom stereocenters. The van der Waals surface area contributed by atoms with E-state index >= 15 is 0 Å². The Kier molecular flexibility index (Phi) is 4.02. The number of nitrogens with zero attached hydrogens (tertiary/aromatic N) is 1. The first-order valence-corrected chi connectivity index (χ1v) is 7.18. The molecular weight excluding hydrogens is 340 g/mol. The van der Waals surface area contributed by atoms with E-state index in [0.29, 0.717) is 16.9 Å². The molecule has 0 saturated heterocycles. The van der Waals surface area contributed by atoms with Crippen LogP contribution in [0.1, 0.15) is 16.1 Å². The van der Waals surface area contributed by atoms with Crippen LogP contribution in [0, 0.1) is 6.92 Å². The van der Waals surface area contributed by atoms with Crippen LogP contribution in [-0.2, 0) is 0 Å². The fourth-order valence-electron chi connectivity index (χ4n) is 2.05. The number of halogens is 2. The van der Waals surface area contributed by atoms with Gasteiger partial charge < -0.3 is 14.8 Å². The van der Waals surface area contributed by atoms with Gasteiger partial charge in [-0.05, 0) is 43.4 Å². The quantitative estimate of drug-likeness (QED) is 0.811. The summed E-state index contributed by atoms with van der Waals surface area (Å²) in [5.74, 6) is -0.609. The summed E-state index contributed by atoms with van der Waals surface area (Å²) in [6.07, 6.45) is -2.17. The Labute approximate surface area is 140 Å². The highest BCUT2D eigenvalue weighted by atomic mass is 32.1. The summed E-state index contributed by atoms with van der Waals surface area (Å²) in [4.78, 5) is 16.1. The van der Waals surface area contributed by atoms with E-state index in [2.05, 4.69) is 25.1 Å². The van der Waals surface area contributed by atoms with Gasteiger partial charge in [0, 0.05) is 29.2 Å². The molecule has 24 heavy (non-hydrogen) atoms. The minimum atomic E-state index is -3.69. The van der Waals surface area contributed by atoms with Gasteiger partial charge in [-0.25, -0.2) is 0 Å². The molecule has 1 aromatic heterocycles. The second-order valence-electron chi connectivity index (χ2n) is 4.92. The molecule has 1 aliphatic heterocycles. The van der Waals surface area contributed by atoms with E-state index in [9.17, 15) is 13.6 Å². The van der Waals surface area contributed by atoms with Crippen molar-refractivity contribution in [1.29, 1.82) is 0 Å². The van der Waals surface area contributed by atoms with Crippen LogP contribution in [0.3, 0.4) is 0 Å². The van der Waals surface area contributed by atoms with E-state index in [1.807, 2.05) is 0 Å². The zero-order chi connectivity index (χ0) is 17.3. The standard InChI is InChI=1S/C15H11F2N3O3S/c1-8-6-9(4-5-18-8)13(21)20-14(24)19-10-2-3-11-12(7-10)23-15(16,17)22-11/h2-7H,1H3,(H2,19,20,21,24). The molecule has 0 radical (unpaired) electrons. The molecule has 2 N–H and O–H groups in total. The van der Waals surface area contributed by atoms with Gasteiger partial charge in [0.25, 0.3) is 5.91 Å². The first-order chi connectivity index (χ1) is 11.3. The SMILES string of the molecule is Cc1cc(C(=O)NC(=S)Nc2ccc3c(c2)OC(F)(F)O3)ccn1. The molecule has 0 saturated carbocycles. The highest BCUT2D eigenvalue weighted by molar-refractivity contribution is 7.80. The number of ether oxygens (including phenoxy) is 2. The third-order valence-electron chi connectivity index (χ3n) is 3.05. The van der Waals surface area contributed by atoms with Crippen LogP contribution in [-0.4, -0.2) is 22.3 Å². The lowest BCUT2D eigenvalue weighted by Gasteiger charge is -2.10. The van der Waals surface area contributed by atoms with Crippen molar-refractivity contribution >= 4 is 28.9 Å². The van der Waals surface area contributed by atoms with Crippen molar-refractivity contribution in [3.63, 3.8) is 0 Å². The molecule has 0 fully saturated rings. The van der Waals surface area contributed by atoms with Crippen molar-refractivity contribution in [1.82, 2.24) is 10.3 Å². The van der Waals surface area contributed by atoms with E-state index in [4.69, 9.17) is 12.2 Å². The molecule has 124 valence electrons. The molecule has 0 bridgehead atoms. The van der Waals surface area contributed by atoms with E-state index in [-0.39, 0.29) is 16.6 Å². The van der Waals surface area contributed by atoms with Crippen LogP contribution in [0.4, 0.5) is 14.5 Å². The number of anilines is 1. The van der Waals surface area contributed by atoms with Crippen molar-refractivity contribution in [2.75, 3.05) is 5.32 Å². The molecule has 0 aliphatic carbocycles. The van der Waals surface area contributed by atoms with Gasteiger partial charge in [-0.2, -0.15) is 0 Å². The molecule has 3 rings (SSSR count). The Morgan fingerprint density at radius 1 is 1.21 bits per heavy atom. The van der Waals surface area contributed by atoms with Gasteiger partial charge >= 0.3 is 6.29 Å². The van der Waals surface area contributed by atoms with E-state index in [1.165, 1.54) is 24.4 Å². The maximum Gasteiger partial charge on any atom is 0.586 e. The third-order valence-corrected chi connectivity index (χ3v) is 3.25. The topological polar surface area (TPSA) is 72.5 Å². The van der Waals surface area contributed by atoms with Gasteiger partial charge in [0.15, 0.2) is 16.6 Å². The molecule has 2 aromatic rings. The summed E-state index contributed by atoms with van der Waals surface area (Å²) < 4.78 is 34.6. The van der Waals surface area contributed by atoms with Crippen LogP contribution in [0.25, 0.3) is 0 Å². The van der Waals surface area contributed by atoms with Crippen LogP contribution in [0.5, 0.6) is 11.5 Å². The Balaban J connectivity index is 1.65. The fraction of sp³-hybridized carbons (Fsp3) is 0.133. The summed E-state index contributed by atoms with van der Waals surface area (Å²) in [6, 6.07) is 7.24. The molecule has 9 heteroatoms. The second-order valence-corrected chi connectivity index (χ2v) is 5.33. The van der Waals surface area contributed by atoms with Crippen molar-refractivity contribution in [2.45, 2.75) is 13.2 Å². The Hall–Kier alpha value is -2.81. The summed E-state index contributed by atoms with van der Waals surface area (Å²) in [5, 5.41) is 5.22. The zero-order valence-corrected chi connectivity index (χ0v) is 13.1. The lowest BCUT2D eigenvalue weighted by Crippen LogP contribution is -2.34. The Morgan fingerprint density at radius 3 is 2.71 bits per heavy atom. The number of benzene rings is 1. The molecule has 1 aliphatic rings. The number of aromatic nitrogens is 1. The molecule has 6 nitrogen and oxygen atoms in total. The largest absolute Gasteiger partial charge is 0.586 e. The molecule has 2 heterocycles. The minimum absolute atomic E-state index is 0.0140. The van der Waals surface area contributed by atoms with E-state index < -0.39 is 12.2 Å². The zero-order valence-electron chi connectivity index (χ0n) is 12.3. The number of alkyl halides is 2. The van der Waals surface area contributed by atoms with Gasteiger partial charge in [0.1, 0.15) is 0 Å². The monoisotopic (exact) mass is 351 g/mol.